The smallest absolute Gasteiger partial charge is 0.228 e. The van der Waals surface area contributed by atoms with Crippen LogP contribution in [0.3, 0.4) is 0 Å². The van der Waals surface area contributed by atoms with Crippen LogP contribution >= 0.6 is 0 Å². The Labute approximate surface area is 111 Å². The van der Waals surface area contributed by atoms with E-state index in [9.17, 15) is 4.79 Å². The molecule has 0 saturated heterocycles. The van der Waals surface area contributed by atoms with Gasteiger partial charge in [0.2, 0.25) is 5.91 Å². The molecule has 0 aliphatic rings. The standard InChI is InChI=1S/C16H25NO/c1-5-12(3)15(14-10-8-7-9-11-14)16(18)17-13(4)6-2/h7-13,15H,5-6H2,1-4H3,(H,17,18). The molecule has 0 fully saturated rings. The van der Waals surface area contributed by atoms with Crippen molar-refractivity contribution in [1.29, 1.82) is 0 Å². The van der Waals surface area contributed by atoms with Gasteiger partial charge in [-0.05, 0) is 24.8 Å². The van der Waals surface area contributed by atoms with Gasteiger partial charge in [0.05, 0.1) is 5.92 Å². The summed E-state index contributed by atoms with van der Waals surface area (Å²) in [4.78, 5) is 12.4. The first-order valence-electron chi connectivity index (χ1n) is 6.95. The molecule has 2 heteroatoms. The van der Waals surface area contributed by atoms with Crippen molar-refractivity contribution in [2.24, 2.45) is 5.92 Å². The molecule has 3 atom stereocenters. The maximum Gasteiger partial charge on any atom is 0.228 e. The van der Waals surface area contributed by atoms with E-state index < -0.39 is 0 Å². The summed E-state index contributed by atoms with van der Waals surface area (Å²) in [5, 5.41) is 3.10. The van der Waals surface area contributed by atoms with Gasteiger partial charge in [-0.25, -0.2) is 0 Å². The van der Waals surface area contributed by atoms with Gasteiger partial charge in [-0.1, -0.05) is 57.5 Å². The van der Waals surface area contributed by atoms with Gasteiger partial charge in [0.1, 0.15) is 0 Å². The predicted octanol–water partition coefficient (Wildman–Crippen LogP) is 3.73. The number of carbonyl (C=O) groups excluding carboxylic acids is 1. The summed E-state index contributed by atoms with van der Waals surface area (Å²) in [6.45, 7) is 8.42. The van der Waals surface area contributed by atoms with E-state index in [1.165, 1.54) is 0 Å². The third-order valence-electron chi connectivity index (χ3n) is 3.66. The second kappa shape index (κ2) is 7.20. The van der Waals surface area contributed by atoms with E-state index in [1.807, 2.05) is 30.3 Å². The molecule has 0 heterocycles. The molecule has 3 unspecified atom stereocenters. The molecule has 2 nitrogen and oxygen atoms in total. The lowest BCUT2D eigenvalue weighted by molar-refractivity contribution is -0.124. The second-order valence-corrected chi connectivity index (χ2v) is 5.09. The Kier molecular flexibility index (Phi) is 5.90. The van der Waals surface area contributed by atoms with E-state index >= 15 is 0 Å². The minimum Gasteiger partial charge on any atom is -0.353 e. The predicted molar refractivity (Wildman–Crippen MR) is 76.5 cm³/mol. The maximum absolute atomic E-state index is 12.4. The summed E-state index contributed by atoms with van der Waals surface area (Å²) in [5.74, 6) is 0.478. The van der Waals surface area contributed by atoms with Crippen LogP contribution in [0, 0.1) is 5.92 Å². The monoisotopic (exact) mass is 247 g/mol. The highest BCUT2D eigenvalue weighted by molar-refractivity contribution is 5.84. The fourth-order valence-corrected chi connectivity index (χ4v) is 2.07. The Hall–Kier alpha value is -1.31. The van der Waals surface area contributed by atoms with Crippen LogP contribution in [-0.4, -0.2) is 11.9 Å². The molecule has 18 heavy (non-hydrogen) atoms. The van der Waals surface area contributed by atoms with Crippen LogP contribution in [0.2, 0.25) is 0 Å². The first kappa shape index (κ1) is 14.7. The molecule has 1 amide bonds. The number of hydrogen-bond acceptors (Lipinski definition) is 1. The molecule has 0 aromatic heterocycles. The molecule has 0 aliphatic carbocycles. The summed E-state index contributed by atoms with van der Waals surface area (Å²) < 4.78 is 0. The number of carbonyl (C=O) groups is 1. The van der Waals surface area contributed by atoms with Gasteiger partial charge in [-0.15, -0.1) is 0 Å². The van der Waals surface area contributed by atoms with Crippen LogP contribution in [0.15, 0.2) is 30.3 Å². The number of amides is 1. The van der Waals surface area contributed by atoms with Gasteiger partial charge < -0.3 is 5.32 Å². The zero-order valence-electron chi connectivity index (χ0n) is 11.9. The van der Waals surface area contributed by atoms with Crippen LogP contribution in [0.25, 0.3) is 0 Å². The fraction of sp³-hybridized carbons (Fsp3) is 0.562. The van der Waals surface area contributed by atoms with Crippen molar-refractivity contribution in [2.75, 3.05) is 0 Å². The van der Waals surface area contributed by atoms with Gasteiger partial charge >= 0.3 is 0 Å². The summed E-state index contributed by atoms with van der Waals surface area (Å²) in [6, 6.07) is 10.3. The van der Waals surface area contributed by atoms with Crippen LogP contribution in [0.1, 0.15) is 52.0 Å². The normalized spacial score (nSPS) is 15.8. The second-order valence-electron chi connectivity index (χ2n) is 5.09. The zero-order valence-corrected chi connectivity index (χ0v) is 11.9. The van der Waals surface area contributed by atoms with Gasteiger partial charge in [-0.3, -0.25) is 4.79 Å². The van der Waals surface area contributed by atoms with Gasteiger partial charge in [0.25, 0.3) is 0 Å². The molecule has 1 rings (SSSR count). The van der Waals surface area contributed by atoms with Crippen molar-refractivity contribution >= 4 is 5.91 Å². The summed E-state index contributed by atoms with van der Waals surface area (Å²) in [5.41, 5.74) is 1.12. The van der Waals surface area contributed by atoms with E-state index in [0.29, 0.717) is 5.92 Å². The number of rotatable bonds is 6. The van der Waals surface area contributed by atoms with Gasteiger partial charge in [0, 0.05) is 6.04 Å². The highest BCUT2D eigenvalue weighted by atomic mass is 16.1. The third-order valence-corrected chi connectivity index (χ3v) is 3.66. The molecule has 0 saturated carbocycles. The lowest BCUT2D eigenvalue weighted by atomic mass is 9.84. The molecular formula is C16H25NO. The van der Waals surface area contributed by atoms with E-state index in [4.69, 9.17) is 0 Å². The molecule has 1 N–H and O–H groups in total. The number of hydrogen-bond donors (Lipinski definition) is 1. The van der Waals surface area contributed by atoms with Gasteiger partial charge in [-0.2, -0.15) is 0 Å². The summed E-state index contributed by atoms with van der Waals surface area (Å²) in [7, 11) is 0. The van der Waals surface area contributed by atoms with Gasteiger partial charge in [0.15, 0.2) is 0 Å². The Balaban J connectivity index is 2.89. The Morgan fingerprint density at radius 2 is 1.72 bits per heavy atom. The van der Waals surface area contributed by atoms with Crippen LogP contribution in [0.5, 0.6) is 0 Å². The van der Waals surface area contributed by atoms with Crippen molar-refractivity contribution in [2.45, 2.75) is 52.5 Å². The molecule has 0 spiro atoms. The first-order valence-corrected chi connectivity index (χ1v) is 6.95. The lowest BCUT2D eigenvalue weighted by Crippen LogP contribution is -2.38. The average Bonchev–Trinajstić information content (AvgIpc) is 2.39. The minimum absolute atomic E-state index is 0.0369. The van der Waals surface area contributed by atoms with Crippen molar-refractivity contribution in [3.05, 3.63) is 35.9 Å². The molecule has 100 valence electrons. The number of nitrogens with one attached hydrogen (secondary N) is 1. The van der Waals surface area contributed by atoms with Crippen molar-refractivity contribution in [3.63, 3.8) is 0 Å². The minimum atomic E-state index is -0.0369. The number of benzene rings is 1. The summed E-state index contributed by atoms with van der Waals surface area (Å²) in [6.07, 6.45) is 1.97. The Morgan fingerprint density at radius 1 is 1.11 bits per heavy atom. The first-order chi connectivity index (χ1) is 8.60. The SMILES string of the molecule is CCC(C)NC(=O)C(c1ccccc1)C(C)CC. The topological polar surface area (TPSA) is 29.1 Å². The van der Waals surface area contributed by atoms with E-state index in [2.05, 4.69) is 33.0 Å². The van der Waals surface area contributed by atoms with E-state index in [-0.39, 0.29) is 17.9 Å². The van der Waals surface area contributed by atoms with Crippen molar-refractivity contribution in [1.82, 2.24) is 5.32 Å². The molecule has 1 aromatic rings. The molecule has 0 aliphatic heterocycles. The van der Waals surface area contributed by atoms with Crippen LogP contribution in [0.4, 0.5) is 0 Å². The molecule has 0 bridgehead atoms. The molecule has 0 radical (unpaired) electrons. The lowest BCUT2D eigenvalue weighted by Gasteiger charge is -2.24. The zero-order chi connectivity index (χ0) is 13.5. The quantitative estimate of drug-likeness (QED) is 0.815. The van der Waals surface area contributed by atoms with Crippen LogP contribution in [-0.2, 0) is 4.79 Å². The molecular weight excluding hydrogens is 222 g/mol. The van der Waals surface area contributed by atoms with E-state index in [0.717, 1.165) is 18.4 Å². The van der Waals surface area contributed by atoms with Crippen LogP contribution < -0.4 is 5.32 Å². The highest BCUT2D eigenvalue weighted by Gasteiger charge is 2.26. The van der Waals surface area contributed by atoms with E-state index in [1.54, 1.807) is 0 Å². The Morgan fingerprint density at radius 3 is 2.22 bits per heavy atom. The Bertz CT molecular complexity index is 361. The van der Waals surface area contributed by atoms with Crippen molar-refractivity contribution in [3.8, 4) is 0 Å². The highest BCUT2D eigenvalue weighted by Crippen LogP contribution is 2.27. The average molecular weight is 247 g/mol. The molecule has 1 aromatic carbocycles. The van der Waals surface area contributed by atoms with Crippen molar-refractivity contribution < 1.29 is 4.79 Å². The summed E-state index contributed by atoms with van der Waals surface area (Å²) >= 11 is 0. The largest absolute Gasteiger partial charge is 0.353 e. The fourth-order valence-electron chi connectivity index (χ4n) is 2.07. The third kappa shape index (κ3) is 3.86. The maximum atomic E-state index is 12.4.